The zero-order valence-electron chi connectivity index (χ0n) is 49.0. The molecule has 0 saturated heterocycles. The van der Waals surface area contributed by atoms with Crippen LogP contribution >= 0.6 is 11.8 Å². The summed E-state index contributed by atoms with van der Waals surface area (Å²) < 4.78 is 19.5. The number of ether oxygens (including phenoxy) is 2. The number of carbonyl (C=O) groups is 2. The van der Waals surface area contributed by atoms with E-state index in [0.29, 0.717) is 49.2 Å². The van der Waals surface area contributed by atoms with Crippen molar-refractivity contribution in [2.45, 2.75) is 271 Å². The predicted molar refractivity (Wildman–Crippen MR) is 321 cm³/mol. The molecule has 2 saturated carbocycles. The molecule has 2 fully saturated rings. The molecular formula is C66H113NO5SSi. The first-order valence-corrected chi connectivity index (χ1v) is 34.4. The number of unbranched alkanes of at least 4 members (excludes halogenated alkanes) is 6. The Morgan fingerprint density at radius 2 is 1.12 bits per heavy atom. The number of hydrogen-bond acceptors (Lipinski definition) is 7. The van der Waals surface area contributed by atoms with E-state index in [1.54, 1.807) is 0 Å². The number of benzene rings is 2. The second kappa shape index (κ2) is 38.4. The molecular weight excluding hydrogens is 947 g/mol. The molecule has 4 atom stereocenters. The lowest BCUT2D eigenvalue weighted by molar-refractivity contribution is -0.148. The van der Waals surface area contributed by atoms with E-state index in [4.69, 9.17) is 13.9 Å². The lowest BCUT2D eigenvalue weighted by Crippen LogP contribution is -2.66. The fourth-order valence-electron chi connectivity index (χ4n) is 12.6. The third-order valence-corrected chi connectivity index (χ3v) is 23.6. The minimum absolute atomic E-state index is 0.0223. The molecule has 0 spiro atoms. The number of esters is 2. The van der Waals surface area contributed by atoms with E-state index in [-0.39, 0.29) is 23.1 Å². The van der Waals surface area contributed by atoms with Gasteiger partial charge in [-0.2, -0.15) is 11.8 Å². The molecule has 0 N–H and O–H groups in total. The molecule has 422 valence electrons. The lowest BCUT2D eigenvalue weighted by atomic mass is 9.86. The molecule has 4 rings (SSSR count). The zero-order valence-corrected chi connectivity index (χ0v) is 50.8. The standard InChI is InChI=1S/C66H113NO5SSi/c1-8-11-18-30-58(49-53-70-64(68)47-43-56-32-20-14-21-33-56)41-45-60(67(7)51-28-29-52-71-74(66(4,5)6,62-37-24-16-25-38-62)63-39-26-17-27-40-63)46-42-59(31-19-12-9-2)50-54-73-55-61(36-13-10-3)72-65(69)48-44-57-34-22-15-23-35-57/h16-17,24-27,37-40,56-61H,8-15,18-23,28-36,41-55H2,1-7H3. The summed E-state index contributed by atoms with van der Waals surface area (Å²) in [6.45, 7) is 16.4. The molecule has 74 heavy (non-hydrogen) atoms. The molecule has 0 heterocycles. The molecule has 0 aromatic heterocycles. The van der Waals surface area contributed by atoms with E-state index in [2.05, 4.69) is 114 Å². The van der Waals surface area contributed by atoms with Crippen molar-refractivity contribution in [3.63, 3.8) is 0 Å². The molecule has 8 heteroatoms. The van der Waals surface area contributed by atoms with Crippen LogP contribution in [0, 0.1) is 23.7 Å². The van der Waals surface area contributed by atoms with Gasteiger partial charge in [-0.05, 0) is 129 Å². The molecule has 2 aliphatic rings. The van der Waals surface area contributed by atoms with Gasteiger partial charge in [0.05, 0.1) is 6.61 Å². The van der Waals surface area contributed by atoms with E-state index < -0.39 is 8.32 Å². The van der Waals surface area contributed by atoms with Crippen molar-refractivity contribution in [1.29, 1.82) is 0 Å². The van der Waals surface area contributed by atoms with E-state index in [1.807, 2.05) is 11.8 Å². The summed E-state index contributed by atoms with van der Waals surface area (Å²) in [5.41, 5.74) is 0. The SMILES string of the molecule is CCCCCC(CCOC(=O)CCC1CCCCC1)CCC(CCC(CCCCC)CCSCC(CCCC)OC(=O)CCC1CCCCC1)N(C)CCCCO[Si](c1ccccc1)(c1ccccc1)C(C)(C)C. The molecule has 2 aromatic rings. The van der Waals surface area contributed by atoms with Crippen LogP contribution in [0.15, 0.2) is 60.7 Å². The zero-order chi connectivity index (χ0) is 53.1. The van der Waals surface area contributed by atoms with Gasteiger partial charge in [0, 0.05) is 31.2 Å². The van der Waals surface area contributed by atoms with Crippen molar-refractivity contribution in [1.82, 2.24) is 4.90 Å². The van der Waals surface area contributed by atoms with Gasteiger partial charge >= 0.3 is 11.9 Å². The molecule has 2 aliphatic carbocycles. The molecule has 0 bridgehead atoms. The number of hydrogen-bond donors (Lipinski definition) is 0. The van der Waals surface area contributed by atoms with Gasteiger partial charge in [-0.25, -0.2) is 0 Å². The Labute approximate surface area is 461 Å². The maximum Gasteiger partial charge on any atom is 0.306 e. The highest BCUT2D eigenvalue weighted by molar-refractivity contribution is 7.99. The largest absolute Gasteiger partial charge is 0.466 e. The minimum atomic E-state index is -2.57. The van der Waals surface area contributed by atoms with Crippen LogP contribution in [0.5, 0.6) is 0 Å². The Kier molecular flexibility index (Phi) is 33.4. The van der Waals surface area contributed by atoms with Crippen LogP contribution in [0.25, 0.3) is 0 Å². The Hall–Kier alpha value is -2.13. The van der Waals surface area contributed by atoms with Gasteiger partial charge in [-0.15, -0.1) is 0 Å². The summed E-state index contributed by atoms with van der Waals surface area (Å²) in [5.74, 6) is 4.86. The van der Waals surface area contributed by atoms with Gasteiger partial charge in [0.2, 0.25) is 0 Å². The number of nitrogens with zero attached hydrogens (tertiary/aromatic N) is 1. The van der Waals surface area contributed by atoms with Crippen molar-refractivity contribution in [2.24, 2.45) is 23.7 Å². The fourth-order valence-corrected chi connectivity index (χ4v) is 18.4. The molecule has 2 aromatic carbocycles. The van der Waals surface area contributed by atoms with Gasteiger partial charge < -0.3 is 18.8 Å². The van der Waals surface area contributed by atoms with Gasteiger partial charge in [0.25, 0.3) is 8.32 Å². The maximum absolute atomic E-state index is 13.1. The highest BCUT2D eigenvalue weighted by Crippen LogP contribution is 2.37. The van der Waals surface area contributed by atoms with Gasteiger partial charge in [0.15, 0.2) is 0 Å². The Morgan fingerprint density at radius 3 is 1.65 bits per heavy atom. The molecule has 6 nitrogen and oxygen atoms in total. The molecule has 0 amide bonds. The van der Waals surface area contributed by atoms with Crippen LogP contribution in [0.1, 0.15) is 253 Å². The van der Waals surface area contributed by atoms with Gasteiger partial charge in [-0.1, -0.05) is 231 Å². The van der Waals surface area contributed by atoms with E-state index in [9.17, 15) is 9.59 Å². The van der Waals surface area contributed by atoms with E-state index in [1.165, 1.54) is 158 Å². The van der Waals surface area contributed by atoms with Gasteiger partial charge in [-0.3, -0.25) is 9.59 Å². The van der Waals surface area contributed by atoms with E-state index in [0.717, 1.165) is 76.0 Å². The minimum Gasteiger partial charge on any atom is -0.466 e. The maximum atomic E-state index is 13.1. The first-order chi connectivity index (χ1) is 36.0. The predicted octanol–water partition coefficient (Wildman–Crippen LogP) is 17.5. The number of rotatable bonds is 41. The fraction of sp³-hybridized carbons (Fsp3) is 0.788. The summed E-state index contributed by atoms with van der Waals surface area (Å²) >= 11 is 2.03. The first-order valence-electron chi connectivity index (χ1n) is 31.4. The number of carbonyl (C=O) groups excluding carboxylic acids is 2. The monoisotopic (exact) mass is 1060 g/mol. The number of thioether (sulfide) groups is 1. The second-order valence-corrected chi connectivity index (χ2v) is 29.9. The quantitative estimate of drug-likeness (QED) is 0.0373. The van der Waals surface area contributed by atoms with Crippen molar-refractivity contribution >= 4 is 42.4 Å². The first kappa shape index (κ1) is 64.4. The normalized spacial score (nSPS) is 16.8. The summed E-state index contributed by atoms with van der Waals surface area (Å²) in [5, 5.41) is 2.68. The summed E-state index contributed by atoms with van der Waals surface area (Å²) in [6.07, 6.45) is 39.1. The van der Waals surface area contributed by atoms with Crippen LogP contribution in [-0.4, -0.2) is 75.6 Å². The van der Waals surface area contributed by atoms with Crippen molar-refractivity contribution in [2.75, 3.05) is 38.3 Å². The molecule has 4 unspecified atom stereocenters. The van der Waals surface area contributed by atoms with Crippen LogP contribution in [-0.2, 0) is 23.5 Å². The lowest BCUT2D eigenvalue weighted by Gasteiger charge is -2.43. The van der Waals surface area contributed by atoms with Crippen LogP contribution in [0.4, 0.5) is 0 Å². The highest BCUT2D eigenvalue weighted by Gasteiger charge is 2.50. The summed E-state index contributed by atoms with van der Waals surface area (Å²) in [6, 6.07) is 22.7. The van der Waals surface area contributed by atoms with Crippen LogP contribution in [0.3, 0.4) is 0 Å². The second-order valence-electron chi connectivity index (χ2n) is 24.4. The van der Waals surface area contributed by atoms with Crippen molar-refractivity contribution in [3.05, 3.63) is 60.7 Å². The summed E-state index contributed by atoms with van der Waals surface area (Å²) in [4.78, 5) is 28.8. The topological polar surface area (TPSA) is 65.1 Å². The average molecular weight is 1060 g/mol. The smallest absolute Gasteiger partial charge is 0.306 e. The third kappa shape index (κ3) is 25.1. The van der Waals surface area contributed by atoms with E-state index >= 15 is 0 Å². The Bertz CT molecular complexity index is 1650. The van der Waals surface area contributed by atoms with Gasteiger partial charge in [0.1, 0.15) is 6.10 Å². The Balaban J connectivity index is 1.40. The van der Waals surface area contributed by atoms with Crippen molar-refractivity contribution < 1.29 is 23.5 Å². The van der Waals surface area contributed by atoms with Crippen molar-refractivity contribution in [3.8, 4) is 0 Å². The summed E-state index contributed by atoms with van der Waals surface area (Å²) in [7, 11) is -0.166. The average Bonchev–Trinajstić information content (AvgIpc) is 3.41. The van der Waals surface area contributed by atoms with Crippen LogP contribution in [0.2, 0.25) is 5.04 Å². The van der Waals surface area contributed by atoms with Crippen LogP contribution < -0.4 is 10.4 Å². The molecule has 0 radical (unpaired) electrons. The highest BCUT2D eigenvalue weighted by atomic mass is 32.2. The Morgan fingerprint density at radius 1 is 0.595 bits per heavy atom. The third-order valence-electron chi connectivity index (χ3n) is 17.4. The molecule has 0 aliphatic heterocycles.